The van der Waals surface area contributed by atoms with Crippen molar-refractivity contribution < 1.29 is 18.8 Å². The maximum Gasteiger partial charge on any atom is 0.256 e. The van der Waals surface area contributed by atoms with Crippen molar-refractivity contribution in [2.75, 3.05) is 49.5 Å². The van der Waals surface area contributed by atoms with Crippen molar-refractivity contribution in [3.8, 4) is 0 Å². The predicted molar refractivity (Wildman–Crippen MR) is 115 cm³/mol. The molecule has 2 heterocycles. The average Bonchev–Trinajstić information content (AvgIpc) is 3.20. The highest BCUT2D eigenvalue weighted by molar-refractivity contribution is 5.97. The lowest BCUT2D eigenvalue weighted by molar-refractivity contribution is -0.118. The van der Waals surface area contributed by atoms with Crippen molar-refractivity contribution in [3.63, 3.8) is 0 Å². The fourth-order valence-corrected chi connectivity index (χ4v) is 3.99. The summed E-state index contributed by atoms with van der Waals surface area (Å²) in [5.41, 5.74) is 1.51. The van der Waals surface area contributed by atoms with Gasteiger partial charge in [0.1, 0.15) is 5.82 Å². The minimum absolute atomic E-state index is 0.0741. The van der Waals surface area contributed by atoms with Crippen LogP contribution in [0.1, 0.15) is 23.2 Å². The molecule has 0 radical (unpaired) electrons. The summed E-state index contributed by atoms with van der Waals surface area (Å²) in [5, 5.41) is 2.89. The molecular weight excluding hydrogens is 399 g/mol. The molecule has 0 spiro atoms. The second-order valence-electron chi connectivity index (χ2n) is 7.80. The Morgan fingerprint density at radius 2 is 1.74 bits per heavy atom. The van der Waals surface area contributed by atoms with E-state index in [1.54, 1.807) is 28.0 Å². The molecular formula is C23H25FN4O3. The quantitative estimate of drug-likeness (QED) is 0.800. The smallest absolute Gasteiger partial charge is 0.256 e. The van der Waals surface area contributed by atoms with Crippen molar-refractivity contribution in [1.82, 2.24) is 9.80 Å². The molecule has 2 aliphatic heterocycles. The van der Waals surface area contributed by atoms with Crippen LogP contribution in [0.25, 0.3) is 0 Å². The number of nitrogens with zero attached hydrogens (tertiary/aromatic N) is 3. The third kappa shape index (κ3) is 4.91. The predicted octanol–water partition coefficient (Wildman–Crippen LogP) is 2.35. The molecule has 1 N–H and O–H groups in total. The van der Waals surface area contributed by atoms with Gasteiger partial charge in [0, 0.05) is 50.5 Å². The number of halogens is 1. The largest absolute Gasteiger partial charge is 0.336 e. The summed E-state index contributed by atoms with van der Waals surface area (Å²) < 4.78 is 13.9. The number of amides is 3. The van der Waals surface area contributed by atoms with Crippen LogP contribution in [0.15, 0.2) is 48.5 Å². The lowest BCUT2D eigenvalue weighted by atomic mass is 10.1. The Kier molecular flexibility index (Phi) is 6.27. The van der Waals surface area contributed by atoms with E-state index in [4.69, 9.17) is 0 Å². The van der Waals surface area contributed by atoms with Crippen LogP contribution in [0, 0.1) is 5.82 Å². The molecule has 8 heteroatoms. The molecule has 0 atom stereocenters. The topological polar surface area (TPSA) is 73.0 Å². The Labute approximate surface area is 180 Å². The molecule has 2 aliphatic rings. The summed E-state index contributed by atoms with van der Waals surface area (Å²) in [4.78, 5) is 42.3. The third-order valence-electron chi connectivity index (χ3n) is 5.65. The van der Waals surface area contributed by atoms with E-state index in [-0.39, 0.29) is 29.8 Å². The first-order valence-electron chi connectivity index (χ1n) is 10.5. The van der Waals surface area contributed by atoms with Crippen LogP contribution >= 0.6 is 0 Å². The van der Waals surface area contributed by atoms with Crippen molar-refractivity contribution in [3.05, 3.63) is 59.9 Å². The second-order valence-corrected chi connectivity index (χ2v) is 7.80. The summed E-state index contributed by atoms with van der Waals surface area (Å²) in [7, 11) is 0. The van der Waals surface area contributed by atoms with Gasteiger partial charge in [0.05, 0.1) is 12.1 Å². The fourth-order valence-electron chi connectivity index (χ4n) is 3.99. The van der Waals surface area contributed by atoms with E-state index in [0.717, 1.165) is 12.1 Å². The van der Waals surface area contributed by atoms with Crippen molar-refractivity contribution >= 4 is 29.1 Å². The van der Waals surface area contributed by atoms with Crippen molar-refractivity contribution in [1.29, 1.82) is 0 Å². The van der Waals surface area contributed by atoms with Gasteiger partial charge < -0.3 is 15.1 Å². The molecule has 2 saturated heterocycles. The minimum Gasteiger partial charge on any atom is -0.336 e. The highest BCUT2D eigenvalue weighted by Crippen LogP contribution is 2.24. The molecule has 2 aromatic carbocycles. The molecule has 2 fully saturated rings. The van der Waals surface area contributed by atoms with E-state index in [9.17, 15) is 18.8 Å². The Morgan fingerprint density at radius 1 is 0.968 bits per heavy atom. The summed E-state index contributed by atoms with van der Waals surface area (Å²) in [6.45, 7) is 2.85. The zero-order valence-corrected chi connectivity index (χ0v) is 17.2. The Balaban J connectivity index is 1.28. The molecule has 4 rings (SSSR count). The van der Waals surface area contributed by atoms with E-state index in [1.165, 1.54) is 12.1 Å². The van der Waals surface area contributed by atoms with Gasteiger partial charge in [0.2, 0.25) is 11.8 Å². The van der Waals surface area contributed by atoms with Gasteiger partial charge in [-0.3, -0.25) is 19.3 Å². The maximum atomic E-state index is 13.9. The fraction of sp³-hybridized carbons (Fsp3) is 0.348. The lowest BCUT2D eigenvalue weighted by Crippen LogP contribution is -2.50. The highest BCUT2D eigenvalue weighted by atomic mass is 19.1. The summed E-state index contributed by atoms with van der Waals surface area (Å²) in [5.74, 6) is -0.896. The van der Waals surface area contributed by atoms with E-state index in [1.807, 2.05) is 23.1 Å². The first kappa shape index (κ1) is 21.0. The maximum absolute atomic E-state index is 13.9. The number of carbonyl (C=O) groups excluding carboxylic acids is 3. The molecule has 7 nitrogen and oxygen atoms in total. The zero-order valence-electron chi connectivity index (χ0n) is 17.2. The minimum atomic E-state index is -0.521. The van der Waals surface area contributed by atoms with Crippen LogP contribution in [0.4, 0.5) is 15.8 Å². The Hall–Kier alpha value is -3.26. The van der Waals surface area contributed by atoms with Crippen LogP contribution in [0.3, 0.4) is 0 Å². The van der Waals surface area contributed by atoms with Crippen molar-refractivity contribution in [2.24, 2.45) is 0 Å². The van der Waals surface area contributed by atoms with E-state index >= 15 is 0 Å². The van der Waals surface area contributed by atoms with Gasteiger partial charge in [-0.1, -0.05) is 18.2 Å². The molecule has 2 aromatic rings. The number of piperazine rings is 1. The van der Waals surface area contributed by atoms with Gasteiger partial charge in [-0.15, -0.1) is 0 Å². The number of benzene rings is 2. The Morgan fingerprint density at radius 3 is 2.45 bits per heavy atom. The van der Waals surface area contributed by atoms with Gasteiger partial charge in [-0.25, -0.2) is 4.39 Å². The van der Waals surface area contributed by atoms with Gasteiger partial charge in [0.25, 0.3) is 5.91 Å². The van der Waals surface area contributed by atoms with Crippen LogP contribution < -0.4 is 10.2 Å². The van der Waals surface area contributed by atoms with Gasteiger partial charge in [-0.2, -0.15) is 0 Å². The molecule has 0 aliphatic carbocycles. The second kappa shape index (κ2) is 9.26. The van der Waals surface area contributed by atoms with Crippen LogP contribution in [0.5, 0.6) is 0 Å². The highest BCUT2D eigenvalue weighted by Gasteiger charge is 2.25. The van der Waals surface area contributed by atoms with Crippen LogP contribution in [-0.4, -0.2) is 66.8 Å². The SMILES string of the molecule is O=C(CN1CCN(C(=O)c2ccccc2F)CC1)Nc1cccc(N2CCCC2=O)c1. The lowest BCUT2D eigenvalue weighted by Gasteiger charge is -2.34. The summed E-state index contributed by atoms with van der Waals surface area (Å²) in [6, 6.07) is 13.3. The number of hydrogen-bond donors (Lipinski definition) is 1. The van der Waals surface area contributed by atoms with E-state index < -0.39 is 5.82 Å². The number of rotatable bonds is 5. The monoisotopic (exact) mass is 424 g/mol. The van der Waals surface area contributed by atoms with Gasteiger partial charge in [0.15, 0.2) is 0 Å². The summed E-state index contributed by atoms with van der Waals surface area (Å²) >= 11 is 0. The summed E-state index contributed by atoms with van der Waals surface area (Å²) in [6.07, 6.45) is 1.41. The van der Waals surface area contributed by atoms with E-state index in [0.29, 0.717) is 44.8 Å². The first-order valence-corrected chi connectivity index (χ1v) is 10.5. The van der Waals surface area contributed by atoms with Gasteiger partial charge in [-0.05, 0) is 36.8 Å². The molecule has 0 unspecified atom stereocenters. The standard InChI is InChI=1S/C23H25FN4O3/c24-20-8-2-1-7-19(20)23(31)27-13-11-26(12-14-27)16-21(29)25-17-5-3-6-18(15-17)28-10-4-9-22(28)30/h1-3,5-8,15H,4,9-14,16H2,(H,25,29). The first-order chi connectivity index (χ1) is 15.0. The van der Waals surface area contributed by atoms with Crippen LogP contribution in [0.2, 0.25) is 0 Å². The molecule has 31 heavy (non-hydrogen) atoms. The molecule has 0 aromatic heterocycles. The number of hydrogen-bond acceptors (Lipinski definition) is 4. The average molecular weight is 424 g/mol. The number of nitrogens with one attached hydrogen (secondary N) is 1. The van der Waals surface area contributed by atoms with Crippen LogP contribution in [-0.2, 0) is 9.59 Å². The molecule has 3 amide bonds. The third-order valence-corrected chi connectivity index (χ3v) is 5.65. The number of carbonyl (C=O) groups is 3. The Bertz CT molecular complexity index is 988. The molecule has 0 bridgehead atoms. The van der Waals surface area contributed by atoms with Crippen molar-refractivity contribution in [2.45, 2.75) is 12.8 Å². The number of anilines is 2. The molecule has 162 valence electrons. The zero-order chi connectivity index (χ0) is 21.8. The van der Waals surface area contributed by atoms with Gasteiger partial charge >= 0.3 is 0 Å². The normalized spacial score (nSPS) is 17.1. The molecule has 0 saturated carbocycles. The van der Waals surface area contributed by atoms with E-state index in [2.05, 4.69) is 5.32 Å².